The van der Waals surface area contributed by atoms with Gasteiger partial charge in [-0.1, -0.05) is 32.0 Å². The molecule has 0 saturated heterocycles. The number of aliphatic hydroxyl groups excluding tert-OH is 1. The minimum Gasteiger partial charge on any atom is -0.373 e. The largest absolute Gasteiger partial charge is 0.373 e. The molecule has 0 spiro atoms. The molecule has 0 bridgehead atoms. The van der Waals surface area contributed by atoms with E-state index in [4.69, 9.17) is 4.52 Å². The van der Waals surface area contributed by atoms with Gasteiger partial charge in [-0.25, -0.2) is 4.79 Å². The van der Waals surface area contributed by atoms with Crippen LogP contribution >= 0.6 is 0 Å². The number of carbonyl (C=O) groups is 1. The highest BCUT2D eigenvalue weighted by Gasteiger charge is 2.20. The minimum atomic E-state index is -0.962. The zero-order chi connectivity index (χ0) is 13.8. The molecule has 18 heavy (non-hydrogen) atoms. The molecule has 0 aliphatic heterocycles. The zero-order valence-electron chi connectivity index (χ0n) is 10.9. The van der Waals surface area contributed by atoms with Crippen LogP contribution in [0.2, 0.25) is 0 Å². The maximum Gasteiger partial charge on any atom is 0.322 e. The first kappa shape index (κ1) is 14.2. The monoisotopic (exact) mass is 253 g/mol. The lowest BCUT2D eigenvalue weighted by Gasteiger charge is -2.12. The highest BCUT2D eigenvalue weighted by Crippen LogP contribution is 2.24. The summed E-state index contributed by atoms with van der Waals surface area (Å²) in [5.74, 6) is 0.979. The molecule has 0 aliphatic rings. The third kappa shape index (κ3) is 4.21. The minimum absolute atomic E-state index is 0.175. The number of hydrogen-bond donors (Lipinski definition) is 3. The summed E-state index contributed by atoms with van der Waals surface area (Å²) in [6, 6.07) is 1.11. The molecule has 6 nitrogen and oxygen atoms in total. The van der Waals surface area contributed by atoms with Gasteiger partial charge in [-0.3, -0.25) is 5.32 Å². The molecule has 0 aromatic carbocycles. The Bertz CT molecular complexity index is 420. The summed E-state index contributed by atoms with van der Waals surface area (Å²) in [6.07, 6.45) is 0.828. The van der Waals surface area contributed by atoms with Crippen LogP contribution in [0.1, 0.15) is 33.0 Å². The van der Waals surface area contributed by atoms with Gasteiger partial charge in [0.1, 0.15) is 12.0 Å². The fraction of sp³-hybridized carbons (Fsp3) is 0.500. The van der Waals surface area contributed by atoms with Gasteiger partial charge in [0.05, 0.1) is 0 Å². The fourth-order valence-electron chi connectivity index (χ4n) is 1.21. The van der Waals surface area contributed by atoms with E-state index in [2.05, 4.69) is 22.4 Å². The Labute approximate surface area is 106 Å². The normalized spacial score (nSPS) is 12.9. The SMILES string of the molecule is C=CCC(O)NC(=O)Nc1cc(C(C)(C)C)on1. The summed E-state index contributed by atoms with van der Waals surface area (Å²) >= 11 is 0. The van der Waals surface area contributed by atoms with Crippen molar-refractivity contribution in [3.05, 3.63) is 24.5 Å². The van der Waals surface area contributed by atoms with Crippen molar-refractivity contribution in [1.29, 1.82) is 0 Å². The first-order valence-corrected chi connectivity index (χ1v) is 5.66. The highest BCUT2D eigenvalue weighted by molar-refractivity contribution is 5.88. The van der Waals surface area contributed by atoms with E-state index >= 15 is 0 Å². The van der Waals surface area contributed by atoms with Crippen LogP contribution in [0.5, 0.6) is 0 Å². The quantitative estimate of drug-likeness (QED) is 0.565. The number of anilines is 1. The first-order valence-electron chi connectivity index (χ1n) is 5.66. The molecule has 0 aliphatic carbocycles. The molecule has 1 unspecified atom stereocenters. The lowest BCUT2D eigenvalue weighted by molar-refractivity contribution is 0.147. The first-order chi connectivity index (χ1) is 8.32. The van der Waals surface area contributed by atoms with Crippen LogP contribution < -0.4 is 10.6 Å². The maximum atomic E-state index is 11.5. The molecular formula is C12H19N3O3. The number of amides is 2. The summed E-state index contributed by atoms with van der Waals surface area (Å²) in [5, 5.41) is 17.9. The van der Waals surface area contributed by atoms with Crippen molar-refractivity contribution in [2.45, 2.75) is 38.8 Å². The Morgan fingerprint density at radius 3 is 2.83 bits per heavy atom. The maximum absolute atomic E-state index is 11.5. The Balaban J connectivity index is 2.55. The third-order valence-electron chi connectivity index (χ3n) is 2.18. The highest BCUT2D eigenvalue weighted by atomic mass is 16.5. The molecule has 1 rings (SSSR count). The molecular weight excluding hydrogens is 234 g/mol. The van der Waals surface area contributed by atoms with Gasteiger partial charge in [0, 0.05) is 17.9 Å². The predicted octanol–water partition coefficient (Wildman–Crippen LogP) is 1.99. The Morgan fingerprint density at radius 1 is 1.67 bits per heavy atom. The Hall–Kier alpha value is -1.82. The van der Waals surface area contributed by atoms with E-state index in [0.717, 1.165) is 0 Å². The van der Waals surface area contributed by atoms with Gasteiger partial charge < -0.3 is 14.9 Å². The van der Waals surface area contributed by atoms with E-state index in [9.17, 15) is 9.90 Å². The number of nitrogens with one attached hydrogen (secondary N) is 2. The summed E-state index contributed by atoms with van der Waals surface area (Å²) < 4.78 is 5.11. The Morgan fingerprint density at radius 2 is 2.33 bits per heavy atom. The third-order valence-corrected chi connectivity index (χ3v) is 2.18. The van der Waals surface area contributed by atoms with Gasteiger partial charge in [0.2, 0.25) is 0 Å². The van der Waals surface area contributed by atoms with E-state index in [1.165, 1.54) is 6.08 Å². The van der Waals surface area contributed by atoms with Crippen LogP contribution in [0.15, 0.2) is 23.2 Å². The van der Waals surface area contributed by atoms with E-state index in [-0.39, 0.29) is 11.8 Å². The van der Waals surface area contributed by atoms with Crippen molar-refractivity contribution >= 4 is 11.8 Å². The molecule has 1 atom stereocenters. The number of aromatic nitrogens is 1. The van der Waals surface area contributed by atoms with E-state index in [0.29, 0.717) is 11.6 Å². The summed E-state index contributed by atoms with van der Waals surface area (Å²) in [4.78, 5) is 11.5. The van der Waals surface area contributed by atoms with Gasteiger partial charge in [-0.2, -0.15) is 0 Å². The standard InChI is InChI=1S/C12H19N3O3/c1-5-6-10(16)14-11(17)13-9-7-8(18-15-9)12(2,3)4/h5,7,10,16H,1,6H2,2-4H3,(H2,13,14,15,17). The van der Waals surface area contributed by atoms with Crippen molar-refractivity contribution in [1.82, 2.24) is 10.5 Å². The smallest absolute Gasteiger partial charge is 0.322 e. The van der Waals surface area contributed by atoms with Gasteiger partial charge in [-0.15, -0.1) is 6.58 Å². The van der Waals surface area contributed by atoms with Crippen LogP contribution in [0.25, 0.3) is 0 Å². The molecule has 0 radical (unpaired) electrons. The van der Waals surface area contributed by atoms with Crippen LogP contribution in [0.4, 0.5) is 10.6 Å². The average molecular weight is 253 g/mol. The molecule has 3 N–H and O–H groups in total. The van der Waals surface area contributed by atoms with Gasteiger partial charge in [0.25, 0.3) is 0 Å². The second-order valence-corrected chi connectivity index (χ2v) is 4.97. The lowest BCUT2D eigenvalue weighted by atomic mass is 9.93. The lowest BCUT2D eigenvalue weighted by Crippen LogP contribution is -2.37. The fourth-order valence-corrected chi connectivity index (χ4v) is 1.21. The summed E-state index contributed by atoms with van der Waals surface area (Å²) in [7, 11) is 0. The number of carbonyl (C=O) groups excluding carboxylic acids is 1. The molecule has 0 fully saturated rings. The number of urea groups is 1. The van der Waals surface area contributed by atoms with Gasteiger partial charge in [-0.05, 0) is 0 Å². The van der Waals surface area contributed by atoms with Crippen LogP contribution in [0, 0.1) is 0 Å². The second kappa shape index (κ2) is 5.68. The average Bonchev–Trinajstić information content (AvgIpc) is 2.65. The molecule has 1 aromatic heterocycles. The molecule has 1 heterocycles. The molecule has 0 saturated carbocycles. The second-order valence-electron chi connectivity index (χ2n) is 4.97. The molecule has 2 amide bonds. The van der Waals surface area contributed by atoms with Gasteiger partial charge >= 0.3 is 6.03 Å². The van der Waals surface area contributed by atoms with Crippen LogP contribution in [-0.4, -0.2) is 22.5 Å². The molecule has 6 heteroatoms. The molecule has 100 valence electrons. The van der Waals surface area contributed by atoms with E-state index in [1.54, 1.807) is 6.07 Å². The Kier molecular flexibility index (Phi) is 4.49. The van der Waals surface area contributed by atoms with Crippen LogP contribution in [0.3, 0.4) is 0 Å². The number of nitrogens with zero attached hydrogens (tertiary/aromatic N) is 1. The van der Waals surface area contributed by atoms with Crippen molar-refractivity contribution < 1.29 is 14.4 Å². The van der Waals surface area contributed by atoms with Crippen molar-refractivity contribution in [2.24, 2.45) is 0 Å². The predicted molar refractivity (Wildman–Crippen MR) is 68.2 cm³/mol. The van der Waals surface area contributed by atoms with Crippen LogP contribution in [-0.2, 0) is 5.41 Å². The van der Waals surface area contributed by atoms with Crippen molar-refractivity contribution in [3.8, 4) is 0 Å². The molecule has 1 aromatic rings. The summed E-state index contributed by atoms with van der Waals surface area (Å²) in [6.45, 7) is 9.40. The zero-order valence-corrected chi connectivity index (χ0v) is 10.9. The number of rotatable bonds is 4. The number of aliphatic hydroxyl groups is 1. The van der Waals surface area contributed by atoms with E-state index < -0.39 is 12.3 Å². The number of hydrogen-bond acceptors (Lipinski definition) is 4. The topological polar surface area (TPSA) is 87.4 Å². The van der Waals surface area contributed by atoms with Crippen molar-refractivity contribution in [2.75, 3.05) is 5.32 Å². The van der Waals surface area contributed by atoms with E-state index in [1.807, 2.05) is 20.8 Å². The summed E-state index contributed by atoms with van der Waals surface area (Å²) in [5.41, 5.74) is -0.175. The van der Waals surface area contributed by atoms with Gasteiger partial charge in [0.15, 0.2) is 5.82 Å². The van der Waals surface area contributed by atoms with Crippen molar-refractivity contribution in [3.63, 3.8) is 0 Å².